The van der Waals surface area contributed by atoms with E-state index in [1.807, 2.05) is 0 Å². The van der Waals surface area contributed by atoms with Gasteiger partial charge in [-0.05, 0) is 19.1 Å². The summed E-state index contributed by atoms with van der Waals surface area (Å²) in [7, 11) is 1.59. The number of carbonyl (C=O) groups is 1. The lowest BCUT2D eigenvalue weighted by Gasteiger charge is -2.10. The molecule has 0 aliphatic heterocycles. The predicted octanol–water partition coefficient (Wildman–Crippen LogP) is -0.00400. The number of hydrogen-bond donors (Lipinski definition) is 3. The Hall–Kier alpha value is -1.33. The number of amides is 1. The molecule has 1 aromatic heterocycles. The Morgan fingerprint density at radius 1 is 1.53 bits per heavy atom. The van der Waals surface area contributed by atoms with Crippen LogP contribution in [-0.2, 0) is 17.9 Å². The molecule has 1 rings (SSSR count). The molecule has 0 saturated heterocycles. The predicted molar refractivity (Wildman–Crippen MR) is 55.0 cm³/mol. The minimum Gasteiger partial charge on any atom is -0.462 e. The summed E-state index contributed by atoms with van der Waals surface area (Å²) in [5, 5.41) is 14.3. The van der Waals surface area contributed by atoms with Crippen LogP contribution in [0.5, 0.6) is 0 Å². The van der Waals surface area contributed by atoms with Crippen LogP contribution in [0.15, 0.2) is 16.5 Å². The number of hydrogen-bond acceptors (Lipinski definition) is 4. The van der Waals surface area contributed by atoms with Crippen LogP contribution >= 0.6 is 0 Å². The van der Waals surface area contributed by atoms with Crippen molar-refractivity contribution in [3.05, 3.63) is 23.7 Å². The lowest BCUT2D eigenvalue weighted by atomic mass is 10.3. The number of aliphatic hydroxyl groups excluding tert-OH is 1. The molecule has 5 heteroatoms. The van der Waals surface area contributed by atoms with Crippen LogP contribution in [0.2, 0.25) is 0 Å². The minimum absolute atomic E-state index is 0.0658. The Labute approximate surface area is 88.5 Å². The average Bonchev–Trinajstić information content (AvgIpc) is 2.72. The van der Waals surface area contributed by atoms with Crippen molar-refractivity contribution < 1.29 is 14.3 Å². The number of furan rings is 1. The summed E-state index contributed by atoms with van der Waals surface area (Å²) in [4.78, 5) is 11.2. The summed E-state index contributed by atoms with van der Waals surface area (Å²) in [5.74, 6) is 1.16. The molecule has 84 valence electrons. The SMILES string of the molecule is CNC(=O)C(C)NCc1ccc(CO)o1. The molecular formula is C10H16N2O3. The molecule has 0 spiro atoms. The topological polar surface area (TPSA) is 74.5 Å². The molecule has 0 fully saturated rings. The third-order valence-electron chi connectivity index (χ3n) is 2.10. The highest BCUT2D eigenvalue weighted by atomic mass is 16.4. The molecule has 1 aromatic rings. The molecule has 3 N–H and O–H groups in total. The van der Waals surface area contributed by atoms with E-state index in [-0.39, 0.29) is 18.6 Å². The second-order valence-corrected chi connectivity index (χ2v) is 3.24. The van der Waals surface area contributed by atoms with Crippen LogP contribution < -0.4 is 10.6 Å². The normalized spacial score (nSPS) is 12.5. The second kappa shape index (κ2) is 5.53. The van der Waals surface area contributed by atoms with E-state index in [9.17, 15) is 4.79 Å². The van der Waals surface area contributed by atoms with Crippen molar-refractivity contribution in [2.24, 2.45) is 0 Å². The lowest BCUT2D eigenvalue weighted by molar-refractivity contribution is -0.122. The molecule has 5 nitrogen and oxygen atoms in total. The van der Waals surface area contributed by atoms with Gasteiger partial charge in [-0.25, -0.2) is 0 Å². The highest BCUT2D eigenvalue weighted by Gasteiger charge is 2.10. The van der Waals surface area contributed by atoms with E-state index in [1.165, 1.54) is 0 Å². The molecule has 0 radical (unpaired) electrons. The van der Waals surface area contributed by atoms with E-state index in [2.05, 4.69) is 10.6 Å². The summed E-state index contributed by atoms with van der Waals surface area (Å²) in [6, 6.07) is 3.22. The third-order valence-corrected chi connectivity index (χ3v) is 2.10. The smallest absolute Gasteiger partial charge is 0.236 e. The Kier molecular flexibility index (Phi) is 4.33. The molecule has 0 aromatic carbocycles. The van der Waals surface area contributed by atoms with Gasteiger partial charge in [0.1, 0.15) is 18.1 Å². The molecule has 15 heavy (non-hydrogen) atoms. The fourth-order valence-corrected chi connectivity index (χ4v) is 1.17. The summed E-state index contributed by atoms with van der Waals surface area (Å²) in [6.07, 6.45) is 0. The van der Waals surface area contributed by atoms with Gasteiger partial charge < -0.3 is 14.8 Å². The van der Waals surface area contributed by atoms with E-state index in [1.54, 1.807) is 26.1 Å². The largest absolute Gasteiger partial charge is 0.462 e. The third kappa shape index (κ3) is 3.38. The zero-order valence-corrected chi connectivity index (χ0v) is 8.91. The van der Waals surface area contributed by atoms with Crippen LogP contribution in [0, 0.1) is 0 Å². The first kappa shape index (κ1) is 11.7. The van der Waals surface area contributed by atoms with Gasteiger partial charge in [-0.1, -0.05) is 0 Å². The Balaban J connectivity index is 2.39. The van der Waals surface area contributed by atoms with Crippen LogP contribution in [0.25, 0.3) is 0 Å². The zero-order valence-electron chi connectivity index (χ0n) is 8.91. The first-order chi connectivity index (χ1) is 7.17. The summed E-state index contributed by atoms with van der Waals surface area (Å²) in [5.41, 5.74) is 0. The Morgan fingerprint density at radius 2 is 2.20 bits per heavy atom. The van der Waals surface area contributed by atoms with Crippen LogP contribution in [0.3, 0.4) is 0 Å². The first-order valence-corrected chi connectivity index (χ1v) is 4.80. The number of aliphatic hydroxyl groups is 1. The van der Waals surface area contributed by atoms with E-state index in [0.29, 0.717) is 18.1 Å². The standard InChI is InChI=1S/C10H16N2O3/c1-7(10(14)11-2)12-5-8-3-4-9(6-13)15-8/h3-4,7,12-13H,5-6H2,1-2H3,(H,11,14). The van der Waals surface area contributed by atoms with Crippen molar-refractivity contribution in [3.8, 4) is 0 Å². The zero-order chi connectivity index (χ0) is 11.3. The molecule has 0 aliphatic carbocycles. The molecule has 1 unspecified atom stereocenters. The van der Waals surface area contributed by atoms with E-state index < -0.39 is 0 Å². The van der Waals surface area contributed by atoms with Crippen LogP contribution in [0.1, 0.15) is 18.4 Å². The van der Waals surface area contributed by atoms with E-state index in [4.69, 9.17) is 9.52 Å². The maximum absolute atomic E-state index is 11.2. The Bertz CT molecular complexity index is 322. The molecule has 0 aliphatic rings. The van der Waals surface area contributed by atoms with Crippen molar-refractivity contribution in [2.45, 2.75) is 26.1 Å². The van der Waals surface area contributed by atoms with Gasteiger partial charge in [0.15, 0.2) is 0 Å². The van der Waals surface area contributed by atoms with Crippen molar-refractivity contribution in [1.29, 1.82) is 0 Å². The monoisotopic (exact) mass is 212 g/mol. The molecule has 1 amide bonds. The van der Waals surface area contributed by atoms with Gasteiger partial charge in [0.2, 0.25) is 5.91 Å². The van der Waals surface area contributed by atoms with Gasteiger partial charge in [-0.3, -0.25) is 10.1 Å². The summed E-state index contributed by atoms with van der Waals surface area (Å²) >= 11 is 0. The van der Waals surface area contributed by atoms with Crippen molar-refractivity contribution >= 4 is 5.91 Å². The maximum atomic E-state index is 11.2. The number of nitrogens with one attached hydrogen (secondary N) is 2. The molecule has 1 atom stereocenters. The molecule has 1 heterocycles. The van der Waals surface area contributed by atoms with Crippen molar-refractivity contribution in [3.63, 3.8) is 0 Å². The van der Waals surface area contributed by atoms with Crippen LogP contribution in [-0.4, -0.2) is 24.1 Å². The highest BCUT2D eigenvalue weighted by molar-refractivity contribution is 5.80. The fraction of sp³-hybridized carbons (Fsp3) is 0.500. The number of likely N-dealkylation sites (N-methyl/N-ethyl adjacent to an activating group) is 1. The van der Waals surface area contributed by atoms with Gasteiger partial charge >= 0.3 is 0 Å². The number of carbonyl (C=O) groups excluding carboxylic acids is 1. The van der Waals surface area contributed by atoms with Crippen molar-refractivity contribution in [2.75, 3.05) is 7.05 Å². The van der Waals surface area contributed by atoms with E-state index >= 15 is 0 Å². The number of rotatable bonds is 5. The molecular weight excluding hydrogens is 196 g/mol. The van der Waals surface area contributed by atoms with Gasteiger partial charge in [-0.15, -0.1) is 0 Å². The van der Waals surface area contributed by atoms with Gasteiger partial charge in [0.25, 0.3) is 0 Å². The van der Waals surface area contributed by atoms with E-state index in [0.717, 1.165) is 0 Å². The quantitative estimate of drug-likeness (QED) is 0.642. The average molecular weight is 212 g/mol. The fourth-order valence-electron chi connectivity index (χ4n) is 1.17. The summed E-state index contributed by atoms with van der Waals surface area (Å²) < 4.78 is 5.25. The summed E-state index contributed by atoms with van der Waals surface area (Å²) in [6.45, 7) is 2.13. The van der Waals surface area contributed by atoms with Crippen molar-refractivity contribution in [1.82, 2.24) is 10.6 Å². The lowest BCUT2D eigenvalue weighted by Crippen LogP contribution is -2.40. The minimum atomic E-state index is -0.266. The van der Waals surface area contributed by atoms with Gasteiger partial charge in [-0.2, -0.15) is 0 Å². The second-order valence-electron chi connectivity index (χ2n) is 3.24. The first-order valence-electron chi connectivity index (χ1n) is 4.80. The molecule has 0 bridgehead atoms. The highest BCUT2D eigenvalue weighted by Crippen LogP contribution is 2.07. The molecule has 0 saturated carbocycles. The van der Waals surface area contributed by atoms with Gasteiger partial charge in [0.05, 0.1) is 12.6 Å². The van der Waals surface area contributed by atoms with Crippen LogP contribution in [0.4, 0.5) is 0 Å². The maximum Gasteiger partial charge on any atom is 0.236 e. The van der Waals surface area contributed by atoms with Gasteiger partial charge in [0, 0.05) is 7.05 Å². The Morgan fingerprint density at radius 3 is 2.73 bits per heavy atom.